The van der Waals surface area contributed by atoms with E-state index in [0.29, 0.717) is 5.56 Å². The van der Waals surface area contributed by atoms with Crippen LogP contribution < -0.4 is 5.32 Å². The summed E-state index contributed by atoms with van der Waals surface area (Å²) in [5.74, 6) is -1.70. The van der Waals surface area contributed by atoms with Gasteiger partial charge < -0.3 is 10.4 Å². The predicted octanol–water partition coefficient (Wildman–Crippen LogP) is 4.23. The average molecular weight is 331 g/mol. The fraction of sp³-hybridized carbons (Fsp3) is 0.500. The highest BCUT2D eigenvalue weighted by Gasteiger charge is 2.37. The van der Waals surface area contributed by atoms with Crippen molar-refractivity contribution >= 4 is 17.6 Å². The summed E-state index contributed by atoms with van der Waals surface area (Å²) in [7, 11) is 0. The minimum Gasteiger partial charge on any atom is -0.481 e. The van der Waals surface area contributed by atoms with Gasteiger partial charge in [-0.1, -0.05) is 19.9 Å². The quantitative estimate of drug-likeness (QED) is 0.819. The van der Waals surface area contributed by atoms with Gasteiger partial charge in [-0.3, -0.25) is 9.59 Å². The van der Waals surface area contributed by atoms with Crippen molar-refractivity contribution in [2.45, 2.75) is 46.2 Å². The molecule has 0 aliphatic rings. The van der Waals surface area contributed by atoms with Crippen LogP contribution in [0.4, 0.5) is 18.9 Å². The highest BCUT2D eigenvalue weighted by molar-refractivity contribution is 5.94. The molecule has 23 heavy (non-hydrogen) atoms. The van der Waals surface area contributed by atoms with Crippen molar-refractivity contribution in [3.63, 3.8) is 0 Å². The molecular formula is C16H20F3NO3. The molecule has 0 bridgehead atoms. The lowest BCUT2D eigenvalue weighted by Crippen LogP contribution is -2.34. The number of nitrogens with one attached hydrogen (secondary N) is 1. The second kappa shape index (κ2) is 7.02. The number of aliphatic carboxylic acids is 1. The number of rotatable bonds is 6. The Morgan fingerprint density at radius 3 is 2.17 bits per heavy atom. The maximum absolute atomic E-state index is 12.7. The van der Waals surface area contributed by atoms with Gasteiger partial charge in [-0.15, -0.1) is 0 Å². The standard InChI is InChI=1S/C16H20F3NO3/c1-4-15(5-2,14(22)23)9-13(21)20-12-8-11(16(17,18)19)7-6-10(12)3/h6-8H,4-5,9H2,1-3H3,(H,20,21)(H,22,23). The van der Waals surface area contributed by atoms with E-state index in [2.05, 4.69) is 5.32 Å². The molecule has 0 aliphatic carbocycles. The molecule has 1 aromatic rings. The van der Waals surface area contributed by atoms with Gasteiger partial charge >= 0.3 is 12.1 Å². The van der Waals surface area contributed by atoms with Crippen molar-refractivity contribution in [2.75, 3.05) is 5.32 Å². The van der Waals surface area contributed by atoms with E-state index in [4.69, 9.17) is 0 Å². The summed E-state index contributed by atoms with van der Waals surface area (Å²) in [6, 6.07) is 3.06. The van der Waals surface area contributed by atoms with Gasteiger partial charge in [0.15, 0.2) is 0 Å². The Labute approximate surface area is 132 Å². The number of hydrogen-bond donors (Lipinski definition) is 2. The lowest BCUT2D eigenvalue weighted by Gasteiger charge is -2.26. The van der Waals surface area contributed by atoms with Crippen molar-refractivity contribution in [3.8, 4) is 0 Å². The van der Waals surface area contributed by atoms with Gasteiger partial charge in [-0.2, -0.15) is 13.2 Å². The molecule has 0 fully saturated rings. The summed E-state index contributed by atoms with van der Waals surface area (Å²) in [5, 5.41) is 11.7. The van der Waals surface area contributed by atoms with Crippen molar-refractivity contribution in [1.29, 1.82) is 0 Å². The number of amides is 1. The van der Waals surface area contributed by atoms with Crippen LogP contribution in [0.3, 0.4) is 0 Å². The molecule has 1 amide bonds. The first kappa shape index (κ1) is 19.0. The topological polar surface area (TPSA) is 66.4 Å². The first-order chi connectivity index (χ1) is 10.6. The van der Waals surface area contributed by atoms with Crippen molar-refractivity contribution in [1.82, 2.24) is 0 Å². The number of alkyl halides is 3. The van der Waals surface area contributed by atoms with Gasteiger partial charge in [0.25, 0.3) is 0 Å². The molecule has 7 heteroatoms. The molecule has 0 radical (unpaired) electrons. The Balaban J connectivity index is 2.99. The zero-order valence-electron chi connectivity index (χ0n) is 13.3. The maximum Gasteiger partial charge on any atom is 0.416 e. The van der Waals surface area contributed by atoms with Crippen LogP contribution in [0.15, 0.2) is 18.2 Å². The summed E-state index contributed by atoms with van der Waals surface area (Å²) in [6.45, 7) is 4.90. The number of carboxylic acids is 1. The molecule has 0 spiro atoms. The molecule has 0 aromatic heterocycles. The summed E-state index contributed by atoms with van der Waals surface area (Å²) in [4.78, 5) is 23.5. The number of carbonyl (C=O) groups is 2. The van der Waals surface area contributed by atoms with Crippen molar-refractivity contribution in [3.05, 3.63) is 29.3 Å². The maximum atomic E-state index is 12.7. The van der Waals surface area contributed by atoms with Crippen LogP contribution in [0.25, 0.3) is 0 Å². The Bertz CT molecular complexity index is 593. The number of aryl methyl sites for hydroxylation is 1. The Morgan fingerprint density at radius 2 is 1.74 bits per heavy atom. The monoisotopic (exact) mass is 331 g/mol. The number of halogens is 3. The van der Waals surface area contributed by atoms with Gasteiger partial charge in [0, 0.05) is 12.1 Å². The second-order valence-corrected chi connectivity index (χ2v) is 5.55. The number of carboxylic acid groups (broad SMARTS) is 1. The Hall–Kier alpha value is -2.05. The lowest BCUT2D eigenvalue weighted by molar-refractivity contribution is -0.151. The van der Waals surface area contributed by atoms with Gasteiger partial charge in [0.1, 0.15) is 0 Å². The highest BCUT2D eigenvalue weighted by Crippen LogP contribution is 2.34. The third-order valence-corrected chi connectivity index (χ3v) is 4.15. The molecule has 128 valence electrons. The number of hydrogen-bond acceptors (Lipinski definition) is 2. The van der Waals surface area contributed by atoms with Crippen LogP contribution in [-0.2, 0) is 15.8 Å². The van der Waals surface area contributed by atoms with Gasteiger partial charge in [-0.25, -0.2) is 0 Å². The zero-order chi connectivity index (χ0) is 17.8. The van der Waals surface area contributed by atoms with E-state index in [9.17, 15) is 27.9 Å². The lowest BCUT2D eigenvalue weighted by atomic mass is 9.79. The molecular weight excluding hydrogens is 311 g/mol. The average Bonchev–Trinajstić information content (AvgIpc) is 2.45. The van der Waals surface area contributed by atoms with Gasteiger partial charge in [0.05, 0.1) is 11.0 Å². The van der Waals surface area contributed by atoms with E-state index in [1.807, 2.05) is 0 Å². The van der Waals surface area contributed by atoms with E-state index >= 15 is 0 Å². The van der Waals surface area contributed by atoms with Crippen LogP contribution in [-0.4, -0.2) is 17.0 Å². The molecule has 0 atom stereocenters. The fourth-order valence-electron chi connectivity index (χ4n) is 2.31. The van der Waals surface area contributed by atoms with Crippen molar-refractivity contribution < 1.29 is 27.9 Å². The van der Waals surface area contributed by atoms with Gasteiger partial charge in [-0.05, 0) is 37.5 Å². The van der Waals surface area contributed by atoms with Gasteiger partial charge in [0.2, 0.25) is 5.91 Å². The van der Waals surface area contributed by atoms with Crippen LogP contribution in [0, 0.1) is 12.3 Å². The summed E-state index contributed by atoms with van der Waals surface area (Å²) in [5.41, 5.74) is -1.56. The molecule has 0 heterocycles. The Morgan fingerprint density at radius 1 is 1.17 bits per heavy atom. The molecule has 1 rings (SSSR count). The van der Waals surface area contributed by atoms with Crippen LogP contribution in [0.1, 0.15) is 44.2 Å². The van der Waals surface area contributed by atoms with E-state index in [-0.39, 0.29) is 24.9 Å². The summed E-state index contributed by atoms with van der Waals surface area (Å²) < 4.78 is 38.2. The first-order valence-electron chi connectivity index (χ1n) is 7.27. The third kappa shape index (κ3) is 4.46. The predicted molar refractivity (Wildman–Crippen MR) is 80.1 cm³/mol. The normalized spacial score (nSPS) is 12.1. The Kier molecular flexibility index (Phi) is 5.80. The van der Waals surface area contributed by atoms with Crippen LogP contribution in [0.2, 0.25) is 0 Å². The van der Waals surface area contributed by atoms with E-state index < -0.39 is 29.0 Å². The number of benzene rings is 1. The zero-order valence-corrected chi connectivity index (χ0v) is 13.3. The molecule has 0 unspecified atom stereocenters. The fourth-order valence-corrected chi connectivity index (χ4v) is 2.31. The number of carbonyl (C=O) groups excluding carboxylic acids is 1. The highest BCUT2D eigenvalue weighted by atomic mass is 19.4. The third-order valence-electron chi connectivity index (χ3n) is 4.15. The molecule has 0 saturated carbocycles. The van der Waals surface area contributed by atoms with E-state index in [1.165, 1.54) is 6.07 Å². The number of anilines is 1. The molecule has 0 saturated heterocycles. The molecule has 1 aromatic carbocycles. The summed E-state index contributed by atoms with van der Waals surface area (Å²) >= 11 is 0. The minimum atomic E-state index is -4.51. The van der Waals surface area contributed by atoms with E-state index in [1.54, 1.807) is 20.8 Å². The SMILES string of the molecule is CCC(CC)(CC(=O)Nc1cc(C(F)(F)F)ccc1C)C(=O)O. The second-order valence-electron chi connectivity index (χ2n) is 5.55. The van der Waals surface area contributed by atoms with Crippen molar-refractivity contribution in [2.24, 2.45) is 5.41 Å². The van der Waals surface area contributed by atoms with E-state index in [0.717, 1.165) is 12.1 Å². The van der Waals surface area contributed by atoms with Crippen LogP contribution in [0.5, 0.6) is 0 Å². The first-order valence-corrected chi connectivity index (χ1v) is 7.27. The van der Waals surface area contributed by atoms with Crippen LogP contribution >= 0.6 is 0 Å². The smallest absolute Gasteiger partial charge is 0.416 e. The largest absolute Gasteiger partial charge is 0.481 e. The molecule has 0 aliphatic heterocycles. The minimum absolute atomic E-state index is 0.0383. The molecule has 2 N–H and O–H groups in total. The summed E-state index contributed by atoms with van der Waals surface area (Å²) in [6.07, 6.45) is -4.28. The molecule has 4 nitrogen and oxygen atoms in total.